The van der Waals surface area contributed by atoms with Gasteiger partial charge in [-0.2, -0.15) is 0 Å². The first-order valence-electron chi connectivity index (χ1n) is 8.46. The summed E-state index contributed by atoms with van der Waals surface area (Å²) in [6, 6.07) is 4.71. The van der Waals surface area contributed by atoms with Crippen molar-refractivity contribution >= 4 is 23.5 Å². The molecule has 0 bridgehead atoms. The highest BCUT2D eigenvalue weighted by Crippen LogP contribution is 2.13. The lowest BCUT2D eigenvalue weighted by Gasteiger charge is -2.37. The van der Waals surface area contributed by atoms with E-state index in [2.05, 4.69) is 27.4 Å². The predicted octanol–water partition coefficient (Wildman–Crippen LogP) is 0.646. The molecule has 1 fully saturated rings. The Morgan fingerprint density at radius 1 is 1.28 bits per heavy atom. The molecule has 1 unspecified atom stereocenters. The number of carbonyl (C=O) groups is 2. The van der Waals surface area contributed by atoms with Gasteiger partial charge in [0, 0.05) is 31.9 Å². The second kappa shape index (κ2) is 7.60. The third kappa shape index (κ3) is 4.33. The molecular formula is C17H22FN5O2. The number of hydrogen-bond acceptors (Lipinski definition) is 5. The van der Waals surface area contributed by atoms with Crippen molar-refractivity contribution in [1.82, 2.24) is 15.1 Å². The average Bonchev–Trinajstić information content (AvgIpc) is 2.63. The van der Waals surface area contributed by atoms with E-state index in [9.17, 15) is 14.0 Å². The molecule has 1 saturated heterocycles. The minimum atomic E-state index is -0.780. The number of guanidine groups is 1. The third-order valence-electron chi connectivity index (χ3n) is 4.44. The number of carbonyl (C=O) groups excluding carboxylic acids is 2. The van der Waals surface area contributed by atoms with E-state index in [0.717, 1.165) is 32.7 Å². The number of amides is 2. The third-order valence-corrected chi connectivity index (χ3v) is 4.44. The standard InChI is InChI=1S/C17H22FN5O2/c1-2-22-7-9-23(10-8-22)17-20-14(11-15(24)21-17)16(25)19-13-5-3-12(18)4-6-13/h3-6,14H,2,7-11H2,1H3,(H,19,25)(H,20,21,24). The van der Waals surface area contributed by atoms with Gasteiger partial charge in [0.25, 0.3) is 0 Å². The first-order valence-corrected chi connectivity index (χ1v) is 8.46. The number of piperazine rings is 1. The molecule has 1 atom stereocenters. The zero-order valence-electron chi connectivity index (χ0n) is 14.2. The number of halogens is 1. The molecule has 0 aliphatic carbocycles. The Hall–Kier alpha value is -2.48. The van der Waals surface area contributed by atoms with E-state index < -0.39 is 6.04 Å². The summed E-state index contributed by atoms with van der Waals surface area (Å²) in [6.45, 7) is 6.44. The molecule has 1 aromatic carbocycles. The van der Waals surface area contributed by atoms with Gasteiger partial charge in [0.05, 0.1) is 6.42 Å². The van der Waals surface area contributed by atoms with Gasteiger partial charge in [-0.15, -0.1) is 0 Å². The topological polar surface area (TPSA) is 77.0 Å². The van der Waals surface area contributed by atoms with Gasteiger partial charge >= 0.3 is 0 Å². The lowest BCUT2D eigenvalue weighted by atomic mass is 10.1. The fourth-order valence-electron chi connectivity index (χ4n) is 2.92. The molecule has 2 aliphatic rings. The van der Waals surface area contributed by atoms with E-state index in [-0.39, 0.29) is 24.1 Å². The molecule has 2 N–H and O–H groups in total. The van der Waals surface area contributed by atoms with E-state index in [4.69, 9.17) is 0 Å². The molecule has 8 heteroatoms. The van der Waals surface area contributed by atoms with E-state index in [1.54, 1.807) is 0 Å². The zero-order valence-corrected chi connectivity index (χ0v) is 14.2. The van der Waals surface area contributed by atoms with Crippen LogP contribution in [-0.4, -0.2) is 66.3 Å². The van der Waals surface area contributed by atoms with Crippen molar-refractivity contribution in [2.24, 2.45) is 4.99 Å². The lowest BCUT2D eigenvalue weighted by molar-refractivity contribution is -0.125. The molecule has 3 rings (SSSR count). The van der Waals surface area contributed by atoms with Crippen LogP contribution < -0.4 is 10.6 Å². The number of likely N-dealkylation sites (N-methyl/N-ethyl adjacent to an activating group) is 1. The minimum absolute atomic E-state index is 0.00541. The Balaban J connectivity index is 1.67. The minimum Gasteiger partial charge on any atom is -0.340 e. The van der Waals surface area contributed by atoms with Crippen molar-refractivity contribution in [3.63, 3.8) is 0 Å². The lowest BCUT2D eigenvalue weighted by Crippen LogP contribution is -2.56. The van der Waals surface area contributed by atoms with E-state index in [0.29, 0.717) is 11.6 Å². The summed E-state index contributed by atoms with van der Waals surface area (Å²) in [7, 11) is 0. The Kier molecular flexibility index (Phi) is 5.28. The van der Waals surface area contributed by atoms with Gasteiger partial charge in [0.1, 0.15) is 11.9 Å². The molecular weight excluding hydrogens is 325 g/mol. The van der Waals surface area contributed by atoms with Crippen molar-refractivity contribution in [1.29, 1.82) is 0 Å². The number of benzene rings is 1. The molecule has 25 heavy (non-hydrogen) atoms. The molecule has 0 spiro atoms. The highest BCUT2D eigenvalue weighted by atomic mass is 19.1. The van der Waals surface area contributed by atoms with E-state index in [1.165, 1.54) is 24.3 Å². The van der Waals surface area contributed by atoms with Crippen LogP contribution in [0, 0.1) is 5.82 Å². The summed E-state index contributed by atoms with van der Waals surface area (Å²) in [5.41, 5.74) is 0.477. The van der Waals surface area contributed by atoms with Gasteiger partial charge in [-0.05, 0) is 30.8 Å². The number of nitrogens with zero attached hydrogens (tertiary/aromatic N) is 3. The van der Waals surface area contributed by atoms with Gasteiger partial charge < -0.3 is 15.1 Å². The molecule has 0 saturated carbocycles. The molecule has 134 valence electrons. The number of rotatable bonds is 3. The smallest absolute Gasteiger partial charge is 0.249 e. The van der Waals surface area contributed by atoms with Crippen molar-refractivity contribution in [3.8, 4) is 0 Å². The summed E-state index contributed by atoms with van der Waals surface area (Å²) in [4.78, 5) is 33.1. The van der Waals surface area contributed by atoms with E-state index >= 15 is 0 Å². The van der Waals surface area contributed by atoms with Gasteiger partial charge in [0.15, 0.2) is 0 Å². The quantitative estimate of drug-likeness (QED) is 0.842. The molecule has 2 aliphatic heterocycles. The van der Waals surface area contributed by atoms with Crippen molar-refractivity contribution in [3.05, 3.63) is 30.1 Å². The maximum atomic E-state index is 12.9. The van der Waals surface area contributed by atoms with Gasteiger partial charge in [-0.1, -0.05) is 6.92 Å². The normalized spacial score (nSPS) is 21.5. The Labute approximate surface area is 145 Å². The van der Waals surface area contributed by atoms with Crippen LogP contribution in [0.25, 0.3) is 0 Å². The predicted molar refractivity (Wildman–Crippen MR) is 92.7 cm³/mol. The van der Waals surface area contributed by atoms with Crippen molar-refractivity contribution in [2.45, 2.75) is 19.4 Å². The van der Waals surface area contributed by atoms with Gasteiger partial charge in [-0.25, -0.2) is 9.38 Å². The number of nitrogens with one attached hydrogen (secondary N) is 2. The van der Waals surface area contributed by atoms with Crippen LogP contribution in [-0.2, 0) is 9.59 Å². The van der Waals surface area contributed by atoms with Crippen LogP contribution >= 0.6 is 0 Å². The second-order valence-corrected chi connectivity index (χ2v) is 6.14. The number of hydrogen-bond donors (Lipinski definition) is 2. The summed E-state index contributed by atoms with van der Waals surface area (Å²) in [6.07, 6.45) is 0.00541. The maximum Gasteiger partial charge on any atom is 0.249 e. The van der Waals surface area contributed by atoms with Crippen LogP contribution in [0.3, 0.4) is 0 Å². The second-order valence-electron chi connectivity index (χ2n) is 6.14. The van der Waals surface area contributed by atoms with Crippen LogP contribution in [0.2, 0.25) is 0 Å². The molecule has 0 radical (unpaired) electrons. The Morgan fingerprint density at radius 3 is 2.60 bits per heavy atom. The SMILES string of the molecule is CCN1CCN(C2=NC(C(=O)Nc3ccc(F)cc3)CC(=O)N2)CC1. The largest absolute Gasteiger partial charge is 0.340 e. The maximum absolute atomic E-state index is 12.9. The Bertz CT molecular complexity index is 668. The van der Waals surface area contributed by atoms with Gasteiger partial charge in [-0.3, -0.25) is 14.9 Å². The van der Waals surface area contributed by atoms with Crippen LogP contribution in [0.5, 0.6) is 0 Å². The molecule has 7 nitrogen and oxygen atoms in total. The number of anilines is 1. The molecule has 2 heterocycles. The van der Waals surface area contributed by atoms with Crippen LogP contribution in [0.4, 0.5) is 10.1 Å². The van der Waals surface area contributed by atoms with E-state index in [1.807, 2.05) is 4.90 Å². The summed E-state index contributed by atoms with van der Waals surface area (Å²) >= 11 is 0. The summed E-state index contributed by atoms with van der Waals surface area (Å²) < 4.78 is 12.9. The fraction of sp³-hybridized carbons (Fsp3) is 0.471. The van der Waals surface area contributed by atoms with Crippen molar-refractivity contribution in [2.75, 3.05) is 38.0 Å². The highest BCUT2D eigenvalue weighted by molar-refractivity contribution is 6.05. The summed E-state index contributed by atoms with van der Waals surface area (Å²) in [5.74, 6) is -0.499. The molecule has 2 amide bonds. The van der Waals surface area contributed by atoms with Crippen LogP contribution in [0.1, 0.15) is 13.3 Å². The average molecular weight is 347 g/mol. The van der Waals surface area contributed by atoms with Gasteiger partial charge in [0.2, 0.25) is 17.8 Å². The first-order chi connectivity index (χ1) is 12.0. The first kappa shape index (κ1) is 17.3. The monoisotopic (exact) mass is 347 g/mol. The number of aliphatic imine (C=N–C) groups is 1. The zero-order chi connectivity index (χ0) is 17.8. The fourth-order valence-corrected chi connectivity index (χ4v) is 2.92. The molecule has 0 aromatic heterocycles. The van der Waals surface area contributed by atoms with Crippen LogP contribution in [0.15, 0.2) is 29.3 Å². The van der Waals surface area contributed by atoms with Crippen molar-refractivity contribution < 1.29 is 14.0 Å². The summed E-state index contributed by atoms with van der Waals surface area (Å²) in [5, 5.41) is 5.44. The Morgan fingerprint density at radius 2 is 1.96 bits per heavy atom. The highest BCUT2D eigenvalue weighted by Gasteiger charge is 2.30. The molecule has 1 aromatic rings.